The molecular formula is C28H37N5O2. The third-order valence-corrected chi connectivity index (χ3v) is 5.98. The van der Waals surface area contributed by atoms with Crippen molar-refractivity contribution in [1.29, 1.82) is 0 Å². The molecule has 7 nitrogen and oxygen atoms in total. The average Bonchev–Trinajstić information content (AvgIpc) is 2.89. The van der Waals surface area contributed by atoms with E-state index in [1.54, 1.807) is 6.07 Å². The van der Waals surface area contributed by atoms with Crippen LogP contribution >= 0.6 is 0 Å². The molecule has 4 rings (SSSR count). The van der Waals surface area contributed by atoms with Crippen LogP contribution in [0.2, 0.25) is 0 Å². The van der Waals surface area contributed by atoms with Gasteiger partial charge in [-0.15, -0.1) is 0 Å². The number of anilines is 3. The molecule has 1 aliphatic heterocycles. The van der Waals surface area contributed by atoms with Crippen LogP contribution < -0.4 is 15.5 Å². The quantitative estimate of drug-likeness (QED) is 0.353. The Morgan fingerprint density at radius 3 is 2.37 bits per heavy atom. The molecule has 0 bridgehead atoms. The lowest BCUT2D eigenvalue weighted by atomic mass is 10.0. The normalized spacial score (nSPS) is 13.5. The zero-order valence-electron chi connectivity index (χ0n) is 20.8. The molecule has 1 aliphatic rings. The molecular weight excluding hydrogens is 438 g/mol. The van der Waals surface area contributed by atoms with E-state index in [1.165, 1.54) is 5.69 Å². The fourth-order valence-corrected chi connectivity index (χ4v) is 3.93. The zero-order chi connectivity index (χ0) is 24.9. The van der Waals surface area contributed by atoms with Crippen molar-refractivity contribution in [2.45, 2.75) is 26.2 Å². The number of piperazine rings is 1. The fraction of sp³-hybridized carbons (Fsp3) is 0.357. The number of amides is 1. The Balaban J connectivity index is 0.000000223. The summed E-state index contributed by atoms with van der Waals surface area (Å²) in [5, 5.41) is 14.7. The van der Waals surface area contributed by atoms with E-state index in [4.69, 9.17) is 5.11 Å². The minimum Gasteiger partial charge on any atom is -0.465 e. The van der Waals surface area contributed by atoms with E-state index in [9.17, 15) is 4.79 Å². The van der Waals surface area contributed by atoms with Crippen molar-refractivity contribution in [3.63, 3.8) is 0 Å². The molecule has 7 heteroatoms. The molecule has 186 valence electrons. The number of nitrogens with zero attached hydrogens (tertiary/aromatic N) is 3. The first-order chi connectivity index (χ1) is 17.1. The summed E-state index contributed by atoms with van der Waals surface area (Å²) in [5.74, 6) is 0. The van der Waals surface area contributed by atoms with Gasteiger partial charge in [-0.2, -0.15) is 0 Å². The van der Waals surface area contributed by atoms with Gasteiger partial charge in [-0.1, -0.05) is 56.2 Å². The summed E-state index contributed by atoms with van der Waals surface area (Å²) in [5.41, 5.74) is 4.83. The van der Waals surface area contributed by atoms with E-state index in [1.807, 2.05) is 60.9 Å². The van der Waals surface area contributed by atoms with Crippen molar-refractivity contribution >= 4 is 23.2 Å². The minimum atomic E-state index is -1.05. The summed E-state index contributed by atoms with van der Waals surface area (Å²) in [6.07, 6.45) is 6.09. The van der Waals surface area contributed by atoms with Crippen LogP contribution in [0.4, 0.5) is 21.9 Å². The van der Waals surface area contributed by atoms with Gasteiger partial charge in [-0.25, -0.2) is 4.79 Å². The van der Waals surface area contributed by atoms with Gasteiger partial charge in [0.1, 0.15) is 0 Å². The van der Waals surface area contributed by atoms with Gasteiger partial charge in [0.15, 0.2) is 0 Å². The average molecular weight is 476 g/mol. The van der Waals surface area contributed by atoms with Crippen molar-refractivity contribution in [1.82, 2.24) is 9.88 Å². The van der Waals surface area contributed by atoms with Crippen LogP contribution in [0.15, 0.2) is 73.1 Å². The Morgan fingerprint density at radius 1 is 0.943 bits per heavy atom. The number of likely N-dealkylation sites (N-methyl/N-ethyl adjacent to an activating group) is 1. The zero-order valence-corrected chi connectivity index (χ0v) is 20.8. The maximum Gasteiger partial charge on any atom is 0.409 e. The molecule has 1 aromatic heterocycles. The van der Waals surface area contributed by atoms with Crippen LogP contribution in [-0.2, 0) is 0 Å². The van der Waals surface area contributed by atoms with E-state index in [0.717, 1.165) is 68.8 Å². The van der Waals surface area contributed by atoms with Gasteiger partial charge >= 0.3 is 6.09 Å². The first kappa shape index (κ1) is 26.0. The van der Waals surface area contributed by atoms with E-state index in [2.05, 4.69) is 45.5 Å². The first-order valence-corrected chi connectivity index (χ1v) is 12.3. The van der Waals surface area contributed by atoms with E-state index < -0.39 is 6.09 Å². The van der Waals surface area contributed by atoms with Gasteiger partial charge in [0.2, 0.25) is 0 Å². The van der Waals surface area contributed by atoms with Gasteiger partial charge in [0, 0.05) is 38.9 Å². The monoisotopic (exact) mass is 475 g/mol. The number of unbranched alkanes of at least 4 members (excludes halogenated alkanes) is 2. The number of nitrogens with one attached hydrogen (secondary N) is 2. The highest BCUT2D eigenvalue weighted by Crippen LogP contribution is 2.29. The summed E-state index contributed by atoms with van der Waals surface area (Å²) in [4.78, 5) is 19.8. The Morgan fingerprint density at radius 2 is 1.71 bits per heavy atom. The predicted molar refractivity (Wildman–Crippen MR) is 145 cm³/mol. The van der Waals surface area contributed by atoms with Crippen LogP contribution in [0.5, 0.6) is 0 Å². The number of aromatic nitrogens is 1. The second kappa shape index (κ2) is 14.0. The summed E-state index contributed by atoms with van der Waals surface area (Å²) >= 11 is 0. The van der Waals surface area contributed by atoms with Crippen molar-refractivity contribution in [3.8, 4) is 11.1 Å². The highest BCUT2D eigenvalue weighted by molar-refractivity contribution is 5.89. The molecule has 1 saturated heterocycles. The Hall–Kier alpha value is -3.58. The van der Waals surface area contributed by atoms with Crippen molar-refractivity contribution in [2.75, 3.05) is 55.3 Å². The standard InChI is InChI=1S/C18H22N2O2.C10H15N3/c1-2-3-7-12-19-17-13-15(14-8-5-4-6-9-14)10-11-16(17)20-18(21)22;1-12-5-7-13(8-6-12)10-3-2-4-11-9-10/h4-6,8-11,13,19-20H,2-3,7,12H2,1H3,(H,21,22);2-4,9H,5-8H2,1H3. The summed E-state index contributed by atoms with van der Waals surface area (Å²) in [6.45, 7) is 7.52. The smallest absolute Gasteiger partial charge is 0.409 e. The van der Waals surface area contributed by atoms with E-state index in [0.29, 0.717) is 5.69 Å². The molecule has 1 fully saturated rings. The third-order valence-electron chi connectivity index (χ3n) is 5.98. The number of pyridine rings is 1. The molecule has 0 saturated carbocycles. The number of benzene rings is 2. The van der Waals surface area contributed by atoms with Crippen LogP contribution in [0.3, 0.4) is 0 Å². The number of hydrogen-bond acceptors (Lipinski definition) is 5. The molecule has 1 amide bonds. The van der Waals surface area contributed by atoms with Crippen LogP contribution in [0.1, 0.15) is 26.2 Å². The predicted octanol–water partition coefficient (Wildman–Crippen LogP) is 5.88. The van der Waals surface area contributed by atoms with Crippen LogP contribution in [-0.4, -0.2) is 60.9 Å². The number of carboxylic acid groups (broad SMARTS) is 1. The number of hydrogen-bond donors (Lipinski definition) is 3. The molecule has 2 heterocycles. The molecule has 0 atom stereocenters. The molecule has 0 aliphatic carbocycles. The maximum atomic E-state index is 10.9. The Labute approximate surface area is 208 Å². The third kappa shape index (κ3) is 8.61. The topological polar surface area (TPSA) is 80.7 Å². The molecule has 0 unspecified atom stereocenters. The SMILES string of the molecule is CCCCCNc1cc(-c2ccccc2)ccc1NC(=O)O.CN1CCN(c2cccnc2)CC1. The van der Waals surface area contributed by atoms with Crippen molar-refractivity contribution in [2.24, 2.45) is 0 Å². The number of carbonyl (C=O) groups is 1. The van der Waals surface area contributed by atoms with Gasteiger partial charge in [-0.3, -0.25) is 10.3 Å². The maximum absolute atomic E-state index is 10.9. The van der Waals surface area contributed by atoms with Crippen LogP contribution in [0, 0.1) is 0 Å². The lowest BCUT2D eigenvalue weighted by Crippen LogP contribution is -2.44. The number of rotatable bonds is 8. The minimum absolute atomic E-state index is 0.587. The van der Waals surface area contributed by atoms with Crippen molar-refractivity contribution in [3.05, 3.63) is 73.1 Å². The molecule has 3 N–H and O–H groups in total. The second-order valence-electron chi connectivity index (χ2n) is 8.69. The Bertz CT molecular complexity index is 1020. The lowest BCUT2D eigenvalue weighted by Gasteiger charge is -2.33. The van der Waals surface area contributed by atoms with E-state index in [-0.39, 0.29) is 0 Å². The van der Waals surface area contributed by atoms with Crippen LogP contribution in [0.25, 0.3) is 11.1 Å². The Kier molecular flexibility index (Phi) is 10.4. The second-order valence-corrected chi connectivity index (χ2v) is 8.69. The summed E-state index contributed by atoms with van der Waals surface area (Å²) in [6, 6.07) is 19.9. The molecule has 35 heavy (non-hydrogen) atoms. The highest BCUT2D eigenvalue weighted by Gasteiger charge is 2.13. The molecule has 0 radical (unpaired) electrons. The van der Waals surface area contributed by atoms with E-state index >= 15 is 0 Å². The summed E-state index contributed by atoms with van der Waals surface area (Å²) in [7, 11) is 2.17. The molecule has 0 spiro atoms. The molecule has 2 aromatic carbocycles. The van der Waals surface area contributed by atoms with Gasteiger partial charge in [0.05, 0.1) is 23.3 Å². The fourth-order valence-electron chi connectivity index (χ4n) is 3.93. The summed E-state index contributed by atoms with van der Waals surface area (Å²) < 4.78 is 0. The first-order valence-electron chi connectivity index (χ1n) is 12.3. The highest BCUT2D eigenvalue weighted by atomic mass is 16.4. The van der Waals surface area contributed by atoms with Crippen molar-refractivity contribution < 1.29 is 9.90 Å². The van der Waals surface area contributed by atoms with Gasteiger partial charge in [-0.05, 0) is 48.9 Å². The molecule has 3 aromatic rings. The van der Waals surface area contributed by atoms with Gasteiger partial charge in [0.25, 0.3) is 0 Å². The van der Waals surface area contributed by atoms with Gasteiger partial charge < -0.3 is 20.2 Å². The largest absolute Gasteiger partial charge is 0.465 e. The lowest BCUT2D eigenvalue weighted by molar-refractivity contribution is 0.210.